The van der Waals surface area contributed by atoms with Crippen LogP contribution < -0.4 is 18.9 Å². The van der Waals surface area contributed by atoms with E-state index in [1.807, 2.05) is 48.5 Å². The lowest BCUT2D eigenvalue weighted by molar-refractivity contribution is 0.173. The highest BCUT2D eigenvalue weighted by Crippen LogP contribution is 2.29. The quantitative estimate of drug-likeness (QED) is 0.168. The smallest absolute Gasteiger partial charge is 0.212 e. The first-order valence-electron chi connectivity index (χ1n) is 13.5. The molecule has 5 aromatic rings. The van der Waals surface area contributed by atoms with Gasteiger partial charge in [-0.25, -0.2) is 22.2 Å². The molecule has 4 aromatic carbocycles. The third kappa shape index (κ3) is 7.26. The predicted octanol–water partition coefficient (Wildman–Crippen LogP) is 6.07. The molecule has 218 valence electrons. The topological polar surface area (TPSA) is 91.7 Å². The fourth-order valence-corrected chi connectivity index (χ4v) is 5.94. The first-order valence-corrected chi connectivity index (χ1v) is 15.2. The van der Waals surface area contributed by atoms with E-state index in [-0.39, 0.29) is 18.2 Å². The van der Waals surface area contributed by atoms with Gasteiger partial charge in [-0.2, -0.15) is 5.10 Å². The maximum Gasteiger partial charge on any atom is 0.212 e. The zero-order chi connectivity index (χ0) is 29.5. The van der Waals surface area contributed by atoms with Crippen molar-refractivity contribution in [3.8, 4) is 22.9 Å². The summed E-state index contributed by atoms with van der Waals surface area (Å²) in [6, 6.07) is 27.7. The van der Waals surface area contributed by atoms with Gasteiger partial charge in [-0.05, 0) is 85.6 Å². The van der Waals surface area contributed by atoms with Crippen molar-refractivity contribution in [3.63, 3.8) is 0 Å². The van der Waals surface area contributed by atoms with E-state index in [9.17, 15) is 12.8 Å². The Kier molecular flexibility index (Phi) is 9.04. The van der Waals surface area contributed by atoms with Crippen molar-refractivity contribution in [2.75, 3.05) is 19.5 Å². The summed E-state index contributed by atoms with van der Waals surface area (Å²) >= 11 is 0. The summed E-state index contributed by atoms with van der Waals surface area (Å²) in [6.45, 7) is 2.04. The minimum Gasteiger partial charge on any atom is -0.497 e. The molecule has 0 saturated heterocycles. The summed E-state index contributed by atoms with van der Waals surface area (Å²) in [7, 11) is -2.04. The summed E-state index contributed by atoms with van der Waals surface area (Å²) in [5.74, 6) is 1.52. The van der Waals surface area contributed by atoms with Crippen molar-refractivity contribution >= 4 is 20.9 Å². The molecule has 0 amide bonds. The Morgan fingerprint density at radius 1 is 0.905 bits per heavy atom. The molecule has 0 spiro atoms. The van der Waals surface area contributed by atoms with E-state index in [0.717, 1.165) is 27.9 Å². The van der Waals surface area contributed by atoms with Gasteiger partial charge in [0.15, 0.2) is 0 Å². The molecule has 0 aliphatic carbocycles. The molecule has 5 rings (SSSR count). The Morgan fingerprint density at radius 3 is 2.31 bits per heavy atom. The van der Waals surface area contributed by atoms with Crippen LogP contribution in [0, 0.1) is 5.82 Å². The summed E-state index contributed by atoms with van der Waals surface area (Å²) < 4.78 is 61.1. The van der Waals surface area contributed by atoms with Gasteiger partial charge in [0.25, 0.3) is 0 Å². The monoisotopic (exact) mass is 589 g/mol. The van der Waals surface area contributed by atoms with Gasteiger partial charge in [-0.15, -0.1) is 0 Å². The van der Waals surface area contributed by atoms with Crippen LogP contribution in [0.25, 0.3) is 16.6 Å². The van der Waals surface area contributed by atoms with Crippen molar-refractivity contribution in [1.29, 1.82) is 0 Å². The second-order valence-corrected chi connectivity index (χ2v) is 11.7. The lowest BCUT2D eigenvalue weighted by Gasteiger charge is -2.26. The van der Waals surface area contributed by atoms with Gasteiger partial charge in [-0.1, -0.05) is 30.3 Å². The predicted molar refractivity (Wildman–Crippen MR) is 160 cm³/mol. The molecule has 1 aromatic heterocycles. The minimum absolute atomic E-state index is 0.0937. The molecule has 8 nitrogen and oxygen atoms in total. The number of nitrogens with one attached hydrogen (secondary N) is 1. The number of aromatic nitrogens is 2. The number of benzene rings is 4. The van der Waals surface area contributed by atoms with Gasteiger partial charge in [0.1, 0.15) is 29.2 Å². The van der Waals surface area contributed by atoms with Crippen LogP contribution in [-0.2, 0) is 10.0 Å². The number of methoxy groups -OCH3 is 1. The Labute approximate surface area is 244 Å². The van der Waals surface area contributed by atoms with Crippen LogP contribution in [0.15, 0.2) is 103 Å². The molecular weight excluding hydrogens is 557 g/mol. The second kappa shape index (κ2) is 13.1. The van der Waals surface area contributed by atoms with E-state index < -0.39 is 22.2 Å². The number of halogens is 1. The molecule has 0 aliphatic heterocycles. The number of ether oxygens (including phenoxy) is 3. The van der Waals surface area contributed by atoms with Gasteiger partial charge < -0.3 is 14.2 Å². The lowest BCUT2D eigenvalue weighted by atomic mass is 10.0. The Hall–Kier alpha value is -4.41. The number of sulfonamides is 1. The summed E-state index contributed by atoms with van der Waals surface area (Å²) in [4.78, 5) is 0. The standard InChI is InChI=1S/C32H32FN3O5S/c1-23(35-42(37,38)20-6-19-40-29-15-13-28(39-2)14-16-29)32(24-7-4-3-5-8-24)41-30-17-18-31-25(21-30)22-34-36(31)27-11-9-26(33)10-12-27/h3-5,7-18,21-23,32,35H,6,19-20H2,1-2H3. The van der Waals surface area contributed by atoms with Crippen LogP contribution in [0.1, 0.15) is 25.0 Å². The van der Waals surface area contributed by atoms with Crippen molar-refractivity contribution in [1.82, 2.24) is 14.5 Å². The van der Waals surface area contributed by atoms with Gasteiger partial charge in [0.05, 0.1) is 42.9 Å². The zero-order valence-corrected chi connectivity index (χ0v) is 24.1. The van der Waals surface area contributed by atoms with E-state index in [1.54, 1.807) is 61.3 Å². The van der Waals surface area contributed by atoms with Crippen LogP contribution in [0.4, 0.5) is 4.39 Å². The summed E-state index contributed by atoms with van der Waals surface area (Å²) in [5.41, 5.74) is 2.40. The van der Waals surface area contributed by atoms with Crippen LogP contribution in [0.3, 0.4) is 0 Å². The highest BCUT2D eigenvalue weighted by Gasteiger charge is 2.26. The molecule has 1 heterocycles. The third-order valence-electron chi connectivity index (χ3n) is 6.71. The Morgan fingerprint density at radius 2 is 1.60 bits per heavy atom. The number of rotatable bonds is 13. The number of nitrogens with zero attached hydrogens (tertiary/aromatic N) is 2. The van der Waals surface area contributed by atoms with Crippen LogP contribution in [0.5, 0.6) is 17.2 Å². The minimum atomic E-state index is -3.63. The second-order valence-electron chi connectivity index (χ2n) is 9.81. The molecule has 0 aliphatic rings. The van der Waals surface area contributed by atoms with Crippen molar-refractivity contribution in [3.05, 3.63) is 115 Å². The number of hydrogen-bond donors (Lipinski definition) is 1. The zero-order valence-electron chi connectivity index (χ0n) is 23.3. The van der Waals surface area contributed by atoms with Crippen LogP contribution in [0.2, 0.25) is 0 Å². The SMILES string of the molecule is COc1ccc(OCCCS(=O)(=O)NC(C)C(Oc2ccc3c(cnn3-c3ccc(F)cc3)c2)c2ccccc2)cc1. The average molecular weight is 590 g/mol. The van der Waals surface area contributed by atoms with Gasteiger partial charge in [0, 0.05) is 5.39 Å². The van der Waals surface area contributed by atoms with Crippen molar-refractivity contribution in [2.24, 2.45) is 0 Å². The molecule has 0 saturated carbocycles. The highest BCUT2D eigenvalue weighted by atomic mass is 32.2. The van der Waals surface area contributed by atoms with Crippen molar-refractivity contribution < 1.29 is 27.0 Å². The molecule has 42 heavy (non-hydrogen) atoms. The third-order valence-corrected chi connectivity index (χ3v) is 8.26. The molecule has 2 atom stereocenters. The first kappa shape index (κ1) is 29.1. The summed E-state index contributed by atoms with van der Waals surface area (Å²) in [5, 5.41) is 5.28. The fourth-order valence-electron chi connectivity index (χ4n) is 4.64. The van der Waals surface area contributed by atoms with Crippen molar-refractivity contribution in [2.45, 2.75) is 25.5 Å². The number of hydrogen-bond acceptors (Lipinski definition) is 6. The van der Waals surface area contributed by atoms with E-state index in [0.29, 0.717) is 17.9 Å². The van der Waals surface area contributed by atoms with E-state index in [4.69, 9.17) is 14.2 Å². The van der Waals surface area contributed by atoms with E-state index in [1.165, 1.54) is 12.1 Å². The molecule has 0 fully saturated rings. The molecule has 0 radical (unpaired) electrons. The number of fused-ring (bicyclic) bond motifs is 1. The molecular formula is C32H32FN3O5S. The highest BCUT2D eigenvalue weighted by molar-refractivity contribution is 7.89. The summed E-state index contributed by atoms with van der Waals surface area (Å²) in [6.07, 6.45) is 1.43. The van der Waals surface area contributed by atoms with Crippen LogP contribution >= 0.6 is 0 Å². The molecule has 10 heteroatoms. The maximum absolute atomic E-state index is 13.4. The van der Waals surface area contributed by atoms with E-state index in [2.05, 4.69) is 9.82 Å². The van der Waals surface area contributed by atoms with Gasteiger partial charge in [-0.3, -0.25) is 0 Å². The largest absolute Gasteiger partial charge is 0.497 e. The van der Waals surface area contributed by atoms with Gasteiger partial charge in [0.2, 0.25) is 10.0 Å². The lowest BCUT2D eigenvalue weighted by Crippen LogP contribution is -2.40. The van der Waals surface area contributed by atoms with Crippen LogP contribution in [-0.4, -0.2) is 43.7 Å². The Balaban J connectivity index is 1.26. The molecule has 2 unspecified atom stereocenters. The van der Waals surface area contributed by atoms with Gasteiger partial charge >= 0.3 is 0 Å². The average Bonchev–Trinajstić information content (AvgIpc) is 3.42. The molecule has 0 bridgehead atoms. The molecule has 1 N–H and O–H groups in total. The Bertz CT molecular complexity index is 1710. The first-order chi connectivity index (χ1) is 20.3. The maximum atomic E-state index is 13.4. The normalized spacial score (nSPS) is 13.0. The van der Waals surface area contributed by atoms with E-state index >= 15 is 0 Å². The fraction of sp³-hybridized carbons (Fsp3) is 0.219.